The molecule has 1 N–H and O–H groups in total. The van der Waals surface area contributed by atoms with Crippen molar-refractivity contribution in [1.29, 1.82) is 0 Å². The van der Waals surface area contributed by atoms with Crippen LogP contribution in [0.3, 0.4) is 0 Å². The van der Waals surface area contributed by atoms with Gasteiger partial charge in [0.2, 0.25) is 0 Å². The van der Waals surface area contributed by atoms with Gasteiger partial charge >= 0.3 is 6.03 Å². The first-order chi connectivity index (χ1) is 16.6. The summed E-state index contributed by atoms with van der Waals surface area (Å²) in [5.41, 5.74) is 2.60. The van der Waals surface area contributed by atoms with E-state index in [9.17, 15) is 9.59 Å². The quantitative estimate of drug-likeness (QED) is 0.714. The highest BCUT2D eigenvalue weighted by molar-refractivity contribution is 6.03. The number of imide groups is 1. The van der Waals surface area contributed by atoms with Crippen molar-refractivity contribution in [3.05, 3.63) is 71.8 Å². The zero-order valence-corrected chi connectivity index (χ0v) is 19.6. The first-order valence-corrected chi connectivity index (χ1v) is 12.1. The van der Waals surface area contributed by atoms with E-state index in [1.165, 1.54) is 11.1 Å². The van der Waals surface area contributed by atoms with Gasteiger partial charge in [0.15, 0.2) is 18.2 Å². The molecule has 0 spiro atoms. The average molecular weight is 461 g/mol. The Bertz CT molecular complexity index is 1040. The van der Waals surface area contributed by atoms with Crippen LogP contribution in [-0.4, -0.2) is 89.5 Å². The van der Waals surface area contributed by atoms with Crippen molar-refractivity contribution >= 4 is 17.9 Å². The number of likely N-dealkylation sites (N-methyl/N-ethyl adjacent to an activating group) is 1. The first-order valence-electron chi connectivity index (χ1n) is 12.1. The second-order valence-electron chi connectivity index (χ2n) is 9.22. The third-order valence-electron chi connectivity index (χ3n) is 6.95. The number of nitrogens with one attached hydrogen (secondary N) is 1. The Balaban J connectivity index is 1.28. The van der Waals surface area contributed by atoms with E-state index < -0.39 is 12.2 Å². The van der Waals surface area contributed by atoms with Crippen LogP contribution in [0.25, 0.3) is 0 Å². The molecule has 2 aromatic rings. The molecule has 0 saturated carbocycles. The van der Waals surface area contributed by atoms with E-state index in [4.69, 9.17) is 4.99 Å². The van der Waals surface area contributed by atoms with Crippen molar-refractivity contribution in [3.8, 4) is 0 Å². The van der Waals surface area contributed by atoms with E-state index in [0.717, 1.165) is 51.5 Å². The van der Waals surface area contributed by atoms with E-state index in [-0.39, 0.29) is 11.9 Å². The van der Waals surface area contributed by atoms with Gasteiger partial charge in [0.05, 0.1) is 0 Å². The van der Waals surface area contributed by atoms with Crippen molar-refractivity contribution in [2.45, 2.75) is 31.6 Å². The molecule has 0 aliphatic carbocycles. The molecule has 2 fully saturated rings. The maximum atomic E-state index is 12.9. The van der Waals surface area contributed by atoms with Crippen molar-refractivity contribution in [2.24, 2.45) is 4.99 Å². The van der Waals surface area contributed by atoms with E-state index in [2.05, 4.69) is 68.5 Å². The van der Waals surface area contributed by atoms with Gasteiger partial charge in [-0.2, -0.15) is 0 Å². The van der Waals surface area contributed by atoms with Crippen molar-refractivity contribution in [1.82, 2.24) is 24.9 Å². The van der Waals surface area contributed by atoms with Crippen molar-refractivity contribution < 1.29 is 9.59 Å². The highest BCUT2D eigenvalue weighted by Crippen LogP contribution is 2.26. The fourth-order valence-corrected chi connectivity index (χ4v) is 5.06. The summed E-state index contributed by atoms with van der Waals surface area (Å²) < 4.78 is 0. The number of rotatable bonds is 6. The summed E-state index contributed by atoms with van der Waals surface area (Å²) in [6.07, 6.45) is 1.37. The van der Waals surface area contributed by atoms with Crippen LogP contribution in [0.15, 0.2) is 65.7 Å². The Morgan fingerprint density at radius 1 is 0.912 bits per heavy atom. The minimum absolute atomic E-state index is 0.255. The SMILES string of the molecule is CN1C(=O)NC(=O)C2C1N=C(N1CCN(Cc3ccccc3)CC1)N2CCCc1ccccc1. The zero-order valence-electron chi connectivity index (χ0n) is 19.6. The predicted molar refractivity (Wildman–Crippen MR) is 131 cm³/mol. The minimum atomic E-state index is -0.477. The maximum absolute atomic E-state index is 12.9. The number of urea groups is 1. The fourth-order valence-electron chi connectivity index (χ4n) is 5.06. The molecule has 0 bridgehead atoms. The highest BCUT2D eigenvalue weighted by atomic mass is 16.2. The van der Waals surface area contributed by atoms with Gasteiger partial charge < -0.3 is 14.7 Å². The van der Waals surface area contributed by atoms with E-state index >= 15 is 0 Å². The summed E-state index contributed by atoms with van der Waals surface area (Å²) in [6.45, 7) is 5.21. The largest absolute Gasteiger partial charge is 0.340 e. The van der Waals surface area contributed by atoms with Crippen LogP contribution in [0.2, 0.25) is 0 Å². The number of aryl methyl sites for hydroxylation is 1. The second kappa shape index (κ2) is 9.85. The summed E-state index contributed by atoms with van der Waals surface area (Å²) in [6, 6.07) is 20.1. The lowest BCUT2D eigenvalue weighted by Crippen LogP contribution is -2.64. The number of fused-ring (bicyclic) bond motifs is 1. The molecule has 178 valence electrons. The Kier molecular flexibility index (Phi) is 6.49. The number of hydrogen-bond donors (Lipinski definition) is 1. The van der Waals surface area contributed by atoms with Gasteiger partial charge in [-0.1, -0.05) is 60.7 Å². The molecule has 34 heavy (non-hydrogen) atoms. The van der Waals surface area contributed by atoms with Gasteiger partial charge in [0.25, 0.3) is 5.91 Å². The molecular weight excluding hydrogens is 428 g/mol. The number of benzene rings is 2. The third-order valence-corrected chi connectivity index (χ3v) is 6.95. The molecule has 3 aliphatic rings. The summed E-state index contributed by atoms with van der Waals surface area (Å²) in [4.78, 5) is 38.4. The number of hydrogen-bond acceptors (Lipinski definition) is 6. The Morgan fingerprint density at radius 2 is 1.56 bits per heavy atom. The number of carbonyl (C=O) groups excluding carboxylic acids is 2. The molecule has 3 aliphatic heterocycles. The molecule has 3 heterocycles. The van der Waals surface area contributed by atoms with Crippen LogP contribution in [-0.2, 0) is 17.8 Å². The molecular formula is C26H32N6O2. The maximum Gasteiger partial charge on any atom is 0.325 e. The molecule has 5 rings (SSSR count). The van der Waals surface area contributed by atoms with Crippen LogP contribution < -0.4 is 5.32 Å². The topological polar surface area (TPSA) is 71.5 Å². The molecule has 8 nitrogen and oxygen atoms in total. The lowest BCUT2D eigenvalue weighted by atomic mass is 10.1. The Morgan fingerprint density at radius 3 is 2.24 bits per heavy atom. The highest BCUT2D eigenvalue weighted by Gasteiger charge is 2.49. The van der Waals surface area contributed by atoms with Gasteiger partial charge in [-0.05, 0) is 24.0 Å². The van der Waals surface area contributed by atoms with Gasteiger partial charge in [-0.15, -0.1) is 0 Å². The summed E-state index contributed by atoms with van der Waals surface area (Å²) in [5.74, 6) is 0.591. The third kappa shape index (κ3) is 4.63. The number of amides is 3. The molecule has 0 aromatic heterocycles. The van der Waals surface area contributed by atoms with Crippen LogP contribution in [0, 0.1) is 0 Å². The molecule has 2 atom stereocenters. The normalized spacial score (nSPS) is 23.1. The fraction of sp³-hybridized carbons (Fsp3) is 0.423. The minimum Gasteiger partial charge on any atom is -0.340 e. The molecule has 3 amide bonds. The van der Waals surface area contributed by atoms with Gasteiger partial charge in [0.1, 0.15) is 0 Å². The zero-order chi connectivity index (χ0) is 23.5. The Labute approximate surface area is 200 Å². The monoisotopic (exact) mass is 460 g/mol. The molecule has 2 saturated heterocycles. The number of piperazine rings is 1. The lowest BCUT2D eigenvalue weighted by Gasteiger charge is -2.40. The molecule has 0 radical (unpaired) electrons. The Hall–Kier alpha value is -3.39. The number of aliphatic imine (C=N–C) groups is 1. The first kappa shape index (κ1) is 22.4. The van der Waals surface area contributed by atoms with Crippen LogP contribution in [0.4, 0.5) is 4.79 Å². The predicted octanol–water partition coefficient (Wildman–Crippen LogP) is 1.98. The average Bonchev–Trinajstić information content (AvgIpc) is 3.25. The van der Waals surface area contributed by atoms with Crippen LogP contribution in [0.1, 0.15) is 17.5 Å². The van der Waals surface area contributed by atoms with E-state index in [0.29, 0.717) is 6.54 Å². The smallest absolute Gasteiger partial charge is 0.325 e. The number of nitrogens with zero attached hydrogens (tertiary/aromatic N) is 5. The molecule has 2 unspecified atom stereocenters. The van der Waals surface area contributed by atoms with Crippen molar-refractivity contribution in [2.75, 3.05) is 39.8 Å². The van der Waals surface area contributed by atoms with Crippen LogP contribution in [0.5, 0.6) is 0 Å². The van der Waals surface area contributed by atoms with Crippen molar-refractivity contribution in [3.63, 3.8) is 0 Å². The summed E-state index contributed by atoms with van der Waals surface area (Å²) in [5, 5.41) is 2.50. The van der Waals surface area contributed by atoms with Gasteiger partial charge in [-0.25, -0.2) is 9.79 Å². The van der Waals surface area contributed by atoms with Crippen LogP contribution >= 0.6 is 0 Å². The van der Waals surface area contributed by atoms with E-state index in [1.807, 2.05) is 12.1 Å². The number of carbonyl (C=O) groups is 2. The molecule has 8 heteroatoms. The number of guanidine groups is 1. The van der Waals surface area contributed by atoms with Gasteiger partial charge in [0, 0.05) is 46.3 Å². The second-order valence-corrected chi connectivity index (χ2v) is 9.22. The van der Waals surface area contributed by atoms with Gasteiger partial charge in [-0.3, -0.25) is 15.0 Å². The summed E-state index contributed by atoms with van der Waals surface area (Å²) >= 11 is 0. The van der Waals surface area contributed by atoms with E-state index in [1.54, 1.807) is 11.9 Å². The molecule has 2 aromatic carbocycles. The lowest BCUT2D eigenvalue weighted by molar-refractivity contribution is -0.127. The standard InChI is InChI=1S/C26H32N6O2/c1-29-23-22(24(33)28-26(29)34)32(14-8-13-20-9-4-2-5-10-20)25(27-23)31-17-15-30(16-18-31)19-21-11-6-3-7-12-21/h2-7,9-12,22-23H,8,13-19H2,1H3,(H,28,33,34). The summed E-state index contributed by atoms with van der Waals surface area (Å²) in [7, 11) is 1.71.